The Bertz CT molecular complexity index is 1910. The average molecular weight is 769 g/mol. The van der Waals surface area contributed by atoms with Crippen molar-refractivity contribution < 1.29 is 19.1 Å². The van der Waals surface area contributed by atoms with Gasteiger partial charge in [-0.1, -0.05) is 79.8 Å². The number of ether oxygens (including phenoxy) is 2. The Hall–Kier alpha value is -4.10. The van der Waals surface area contributed by atoms with Gasteiger partial charge >= 0.3 is 11.9 Å². The first-order valence-electron chi connectivity index (χ1n) is 17.2. The zero-order chi connectivity index (χ0) is 36.3. The minimum atomic E-state index is -0.430. The highest BCUT2D eigenvalue weighted by molar-refractivity contribution is 8.14. The van der Waals surface area contributed by atoms with E-state index >= 15 is 0 Å². The van der Waals surface area contributed by atoms with Gasteiger partial charge in [-0.15, -0.1) is 0 Å². The maximum absolute atomic E-state index is 11.8. The minimum absolute atomic E-state index is 0.242. The monoisotopic (exact) mass is 768 g/mol. The molecule has 1 saturated carbocycles. The number of nitrogens with zero attached hydrogens (tertiary/aromatic N) is 2. The molecule has 4 aromatic rings. The second-order valence-electron chi connectivity index (χ2n) is 12.1. The van der Waals surface area contributed by atoms with E-state index in [-0.39, 0.29) is 11.5 Å². The molecular weight excluding hydrogens is 729 g/mol. The molecule has 268 valence electrons. The van der Waals surface area contributed by atoms with Crippen molar-refractivity contribution in [2.45, 2.75) is 93.3 Å². The Kier molecular flexibility index (Phi) is 13.5. The molecule has 1 aliphatic carbocycles. The Morgan fingerprint density at radius 2 is 1.19 bits per heavy atom. The molecule has 0 bridgehead atoms. The van der Waals surface area contributed by atoms with Crippen LogP contribution in [0.25, 0.3) is 0 Å². The highest BCUT2D eigenvalue weighted by Gasteiger charge is 2.22. The summed E-state index contributed by atoms with van der Waals surface area (Å²) in [6.07, 6.45) is 6.39. The summed E-state index contributed by atoms with van der Waals surface area (Å²) in [5, 5.41) is 7.92. The number of guanidine groups is 1. The summed E-state index contributed by atoms with van der Waals surface area (Å²) in [6, 6.07) is 32.3. The third-order valence-corrected chi connectivity index (χ3v) is 11.8. The number of carbonyl (C=O) groups excluding carboxylic acids is 2. The van der Waals surface area contributed by atoms with Crippen LogP contribution in [-0.4, -0.2) is 34.6 Å². The fourth-order valence-electron chi connectivity index (χ4n) is 5.24. The molecular formula is C40H40N4O4S4. The van der Waals surface area contributed by atoms with Crippen molar-refractivity contribution in [3.8, 4) is 11.5 Å². The lowest BCUT2D eigenvalue weighted by Crippen LogP contribution is -2.48. The number of esters is 2. The summed E-state index contributed by atoms with van der Waals surface area (Å²) in [6.45, 7) is 7.04. The van der Waals surface area contributed by atoms with Gasteiger partial charge in [-0.25, -0.2) is 14.8 Å². The van der Waals surface area contributed by atoms with Gasteiger partial charge in [0.2, 0.25) is 5.96 Å². The topological polar surface area (TPSA) is 101 Å². The number of carbonyl (C=O) groups is 2. The van der Waals surface area contributed by atoms with Crippen LogP contribution >= 0.6 is 47.0 Å². The quantitative estimate of drug-likeness (QED) is 0.0823. The van der Waals surface area contributed by atoms with Crippen molar-refractivity contribution in [1.29, 1.82) is 0 Å². The van der Waals surface area contributed by atoms with Crippen molar-refractivity contribution in [2.75, 3.05) is 0 Å². The van der Waals surface area contributed by atoms with E-state index in [0.717, 1.165) is 53.3 Å². The predicted octanol–water partition coefficient (Wildman–Crippen LogP) is 10.2. The molecule has 2 N–H and O–H groups in total. The molecule has 12 heteroatoms. The first-order valence-corrected chi connectivity index (χ1v) is 20.5. The zero-order valence-corrected chi connectivity index (χ0v) is 32.3. The van der Waals surface area contributed by atoms with E-state index < -0.39 is 5.97 Å². The minimum Gasteiger partial charge on any atom is -0.427 e. The molecule has 6 rings (SSSR count). The number of thioether (sulfide) groups is 2. The second-order valence-corrected chi connectivity index (χ2v) is 16.6. The lowest BCUT2D eigenvalue weighted by Gasteiger charge is -2.27. The van der Waals surface area contributed by atoms with Crippen molar-refractivity contribution in [3.05, 3.63) is 109 Å². The molecule has 8 nitrogen and oxygen atoms in total. The Morgan fingerprint density at radius 3 is 1.71 bits per heavy atom. The molecule has 2 aliphatic rings. The average Bonchev–Trinajstić information content (AvgIpc) is 3.15. The molecule has 0 saturated heterocycles. The van der Waals surface area contributed by atoms with Crippen molar-refractivity contribution in [3.63, 3.8) is 0 Å². The van der Waals surface area contributed by atoms with Crippen LogP contribution in [0.15, 0.2) is 149 Å². The van der Waals surface area contributed by atoms with Crippen LogP contribution in [0, 0.1) is 0 Å². The SMILES string of the molecule is C=C(C)C(=O)Oc1ccc(Sc2ccc(SC3N=C(NC4CCCCC4)NC(Sc4ccc(Sc5ccc(OC(=O)CC)cc5)cc4)=N3)cc2)cc1. The molecule has 52 heavy (non-hydrogen) atoms. The number of amidine groups is 1. The lowest BCUT2D eigenvalue weighted by atomic mass is 9.96. The van der Waals surface area contributed by atoms with Crippen molar-refractivity contribution >= 4 is 70.1 Å². The maximum Gasteiger partial charge on any atom is 0.338 e. The van der Waals surface area contributed by atoms with Gasteiger partial charge in [0.15, 0.2) is 10.7 Å². The third kappa shape index (κ3) is 11.4. The van der Waals surface area contributed by atoms with Crippen molar-refractivity contribution in [1.82, 2.24) is 10.6 Å². The molecule has 1 heterocycles. The van der Waals surface area contributed by atoms with Gasteiger partial charge in [0.25, 0.3) is 0 Å². The summed E-state index contributed by atoms with van der Waals surface area (Å²) < 4.78 is 10.6. The highest BCUT2D eigenvalue weighted by atomic mass is 32.2. The lowest BCUT2D eigenvalue weighted by molar-refractivity contribution is -0.134. The van der Waals surface area contributed by atoms with E-state index in [1.165, 1.54) is 19.3 Å². The van der Waals surface area contributed by atoms with Crippen LogP contribution < -0.4 is 20.1 Å². The molecule has 1 atom stereocenters. The maximum atomic E-state index is 11.8. The van der Waals surface area contributed by atoms with E-state index in [2.05, 4.69) is 65.7 Å². The fraction of sp³-hybridized carbons (Fsp3) is 0.250. The predicted molar refractivity (Wildman–Crippen MR) is 214 cm³/mol. The van der Waals surface area contributed by atoms with Gasteiger partial charge in [-0.05, 0) is 117 Å². The number of hydrogen-bond acceptors (Lipinski definition) is 12. The van der Waals surface area contributed by atoms with Gasteiger partial charge < -0.3 is 20.1 Å². The van der Waals surface area contributed by atoms with Gasteiger partial charge in [-0.2, -0.15) is 0 Å². The van der Waals surface area contributed by atoms with Crippen LogP contribution in [0.3, 0.4) is 0 Å². The third-order valence-electron chi connectivity index (χ3n) is 7.94. The summed E-state index contributed by atoms with van der Waals surface area (Å²) in [5.41, 5.74) is 0.0284. The number of benzene rings is 4. The molecule has 0 radical (unpaired) electrons. The van der Waals surface area contributed by atoms with Crippen LogP contribution in [0.4, 0.5) is 0 Å². The van der Waals surface area contributed by atoms with Crippen LogP contribution in [0.2, 0.25) is 0 Å². The van der Waals surface area contributed by atoms with Gasteiger partial charge in [0.1, 0.15) is 11.5 Å². The van der Waals surface area contributed by atoms with E-state index in [1.807, 2.05) is 36.4 Å². The second kappa shape index (κ2) is 18.6. The number of rotatable bonds is 12. The van der Waals surface area contributed by atoms with E-state index in [4.69, 9.17) is 19.5 Å². The van der Waals surface area contributed by atoms with Crippen molar-refractivity contribution in [2.24, 2.45) is 9.98 Å². The number of aliphatic imine (C=N–C) groups is 2. The summed E-state index contributed by atoms with van der Waals surface area (Å²) in [4.78, 5) is 39.8. The van der Waals surface area contributed by atoms with Crippen LogP contribution in [-0.2, 0) is 9.59 Å². The molecule has 1 aliphatic heterocycles. The summed E-state index contributed by atoms with van der Waals surface area (Å²) >= 11 is 6.50. The fourth-order valence-corrected chi connectivity index (χ4v) is 8.59. The normalized spacial score (nSPS) is 15.8. The summed E-state index contributed by atoms with van der Waals surface area (Å²) in [7, 11) is 0. The smallest absolute Gasteiger partial charge is 0.338 e. The summed E-state index contributed by atoms with van der Waals surface area (Å²) in [5.74, 6) is 1.15. The molecule has 0 spiro atoms. The largest absolute Gasteiger partial charge is 0.427 e. The van der Waals surface area contributed by atoms with E-state index in [0.29, 0.717) is 29.5 Å². The van der Waals surface area contributed by atoms with E-state index in [9.17, 15) is 9.59 Å². The number of hydrogen-bond donors (Lipinski definition) is 2. The molecule has 0 aromatic heterocycles. The molecule has 0 amide bonds. The Balaban J connectivity index is 1.08. The Labute approximate surface area is 322 Å². The highest BCUT2D eigenvalue weighted by Crippen LogP contribution is 2.35. The van der Waals surface area contributed by atoms with Crippen LogP contribution in [0.5, 0.6) is 11.5 Å². The Morgan fingerprint density at radius 1 is 0.712 bits per heavy atom. The van der Waals surface area contributed by atoms with Gasteiger partial charge in [-0.3, -0.25) is 4.79 Å². The zero-order valence-electron chi connectivity index (χ0n) is 29.0. The van der Waals surface area contributed by atoms with Crippen LogP contribution in [0.1, 0.15) is 52.4 Å². The van der Waals surface area contributed by atoms with Gasteiger partial charge in [0, 0.05) is 47.4 Å². The first-order chi connectivity index (χ1) is 25.3. The number of nitrogens with one attached hydrogen (secondary N) is 2. The molecule has 1 fully saturated rings. The molecule has 4 aromatic carbocycles. The van der Waals surface area contributed by atoms with E-state index in [1.54, 1.807) is 73.0 Å². The molecule has 1 unspecified atom stereocenters. The standard InChI is InChI=1S/C40H40N4O4S4/c1-4-36(45)47-28-10-14-30(15-11-28)49-32-18-22-34(23-19-32)51-39-42-38(41-27-8-6-5-7-9-27)43-40(44-39)52-35-24-20-33(21-25-35)50-31-16-12-29(13-17-31)48-37(46)26(2)3/h10-25,27,40H,2,4-9H2,1,3H3,(H2,41,42,43,44). The van der Waals surface area contributed by atoms with Gasteiger partial charge in [0.05, 0.1) is 0 Å². The first kappa shape index (κ1) is 37.7.